The number of hydrogen-bond acceptors (Lipinski definition) is 4. The van der Waals surface area contributed by atoms with Crippen molar-refractivity contribution in [2.75, 3.05) is 13.1 Å². The summed E-state index contributed by atoms with van der Waals surface area (Å²) in [7, 11) is 0. The molecule has 3 rings (SSSR count). The molecule has 1 aromatic carbocycles. The van der Waals surface area contributed by atoms with Gasteiger partial charge in [0, 0.05) is 35.6 Å². The summed E-state index contributed by atoms with van der Waals surface area (Å²) in [5.74, 6) is -1.08. The van der Waals surface area contributed by atoms with Crippen LogP contribution in [0.3, 0.4) is 0 Å². The number of halogens is 2. The van der Waals surface area contributed by atoms with Crippen LogP contribution in [0.4, 0.5) is 4.39 Å². The molecule has 1 saturated heterocycles. The molecule has 1 atom stereocenters. The second kappa shape index (κ2) is 7.92. The predicted molar refractivity (Wildman–Crippen MR) is 98.7 cm³/mol. The minimum Gasteiger partial charge on any atom is -0.505 e. The van der Waals surface area contributed by atoms with Gasteiger partial charge in [-0.15, -0.1) is 0 Å². The van der Waals surface area contributed by atoms with E-state index in [0.717, 1.165) is 24.3 Å². The van der Waals surface area contributed by atoms with E-state index >= 15 is 0 Å². The Kier molecular flexibility index (Phi) is 6.29. The lowest BCUT2D eigenvalue weighted by Crippen LogP contribution is -2.53. The van der Waals surface area contributed by atoms with E-state index < -0.39 is 12.0 Å². The van der Waals surface area contributed by atoms with Gasteiger partial charge in [-0.1, -0.05) is 11.6 Å². The molecule has 0 saturated carbocycles. The van der Waals surface area contributed by atoms with Gasteiger partial charge in [-0.3, -0.25) is 9.69 Å². The quantitative estimate of drug-likeness (QED) is 0.750. The lowest BCUT2D eigenvalue weighted by Gasteiger charge is -2.48. The predicted octanol–water partition coefficient (Wildman–Crippen LogP) is 3.67. The van der Waals surface area contributed by atoms with Gasteiger partial charge in [0.15, 0.2) is 11.6 Å². The first-order valence-corrected chi connectivity index (χ1v) is 9.17. The number of phenolic OH excluding ortho intramolecular Hbond substituents is 1. The van der Waals surface area contributed by atoms with Crippen LogP contribution in [0.15, 0.2) is 6.07 Å². The third kappa shape index (κ3) is 3.86. The first-order chi connectivity index (χ1) is 12.1. The van der Waals surface area contributed by atoms with Crippen LogP contribution >= 0.6 is 11.6 Å². The molecule has 1 fully saturated rings. The molecule has 0 radical (unpaired) electrons. The van der Waals surface area contributed by atoms with Crippen molar-refractivity contribution in [2.45, 2.75) is 58.7 Å². The lowest BCUT2D eigenvalue weighted by atomic mass is 9.90. The number of nitrogens with zero attached hydrogens (tertiary/aromatic N) is 2. The summed E-state index contributed by atoms with van der Waals surface area (Å²) in [6.07, 6.45) is 2.18. The highest BCUT2D eigenvalue weighted by molar-refractivity contribution is 6.31. The Morgan fingerprint density at radius 1 is 1.31 bits per heavy atom. The standard InChI is InChI=1S/C17H22ClFN2O2.C2H4O/c1-17(2,3)21-8-6-10-11(18)9-12(19)15(23)14(10)16(21)20-7-4-5-13(20)22;1-2-3/h9,16,23H,4-8H2,1-3H3;2H,1H3. The fourth-order valence-electron chi connectivity index (χ4n) is 3.66. The van der Waals surface area contributed by atoms with Crippen LogP contribution in [0.5, 0.6) is 5.75 Å². The zero-order valence-electron chi connectivity index (χ0n) is 15.7. The maximum Gasteiger partial charge on any atom is 0.224 e. The summed E-state index contributed by atoms with van der Waals surface area (Å²) in [6, 6.07) is 1.16. The summed E-state index contributed by atoms with van der Waals surface area (Å²) >= 11 is 6.22. The minimum atomic E-state index is -0.735. The molecule has 26 heavy (non-hydrogen) atoms. The maximum absolute atomic E-state index is 14.1. The minimum absolute atomic E-state index is 0.0388. The third-order valence-electron chi connectivity index (χ3n) is 4.77. The van der Waals surface area contributed by atoms with Gasteiger partial charge in [0.05, 0.1) is 0 Å². The Labute approximate surface area is 158 Å². The van der Waals surface area contributed by atoms with Crippen molar-refractivity contribution in [3.8, 4) is 5.75 Å². The molecule has 7 heteroatoms. The fourth-order valence-corrected chi connectivity index (χ4v) is 3.96. The molecule has 2 aliphatic rings. The summed E-state index contributed by atoms with van der Waals surface area (Å²) in [5.41, 5.74) is 0.971. The molecular weight excluding hydrogens is 359 g/mol. The number of hydrogen-bond donors (Lipinski definition) is 1. The largest absolute Gasteiger partial charge is 0.505 e. The second-order valence-corrected chi connectivity index (χ2v) is 7.90. The van der Waals surface area contributed by atoms with E-state index in [9.17, 15) is 14.3 Å². The molecule has 1 unspecified atom stereocenters. The molecular formula is C19H26ClFN2O3. The molecule has 0 spiro atoms. The van der Waals surface area contributed by atoms with Crippen LogP contribution in [-0.2, 0) is 16.0 Å². The Morgan fingerprint density at radius 3 is 2.42 bits per heavy atom. The van der Waals surface area contributed by atoms with Gasteiger partial charge in [0.2, 0.25) is 5.91 Å². The molecule has 5 nitrogen and oxygen atoms in total. The molecule has 1 N–H and O–H groups in total. The zero-order valence-corrected chi connectivity index (χ0v) is 16.4. The highest BCUT2D eigenvalue weighted by Crippen LogP contribution is 2.45. The Balaban J connectivity index is 0.000000758. The van der Waals surface area contributed by atoms with Crippen LogP contribution in [0.25, 0.3) is 0 Å². The summed E-state index contributed by atoms with van der Waals surface area (Å²) in [6.45, 7) is 8.94. The Hall–Kier alpha value is -1.66. The van der Waals surface area contributed by atoms with E-state index in [1.54, 1.807) is 4.90 Å². The number of carbonyl (C=O) groups excluding carboxylic acids is 2. The van der Waals surface area contributed by atoms with E-state index in [2.05, 4.69) is 25.7 Å². The molecule has 2 aliphatic heterocycles. The van der Waals surface area contributed by atoms with Crippen molar-refractivity contribution < 1.29 is 19.1 Å². The van der Waals surface area contributed by atoms with Gasteiger partial charge < -0.3 is 14.8 Å². The number of fused-ring (bicyclic) bond motifs is 1. The number of aldehydes is 1. The van der Waals surface area contributed by atoms with Crippen molar-refractivity contribution in [1.82, 2.24) is 9.80 Å². The van der Waals surface area contributed by atoms with E-state index in [1.165, 1.54) is 6.92 Å². The van der Waals surface area contributed by atoms with Crippen LogP contribution < -0.4 is 0 Å². The number of aromatic hydroxyl groups is 1. The van der Waals surface area contributed by atoms with Gasteiger partial charge in [-0.2, -0.15) is 0 Å². The summed E-state index contributed by atoms with van der Waals surface area (Å²) < 4.78 is 14.1. The fraction of sp³-hybridized carbons (Fsp3) is 0.579. The van der Waals surface area contributed by atoms with Gasteiger partial charge in [-0.25, -0.2) is 4.39 Å². The van der Waals surface area contributed by atoms with Crippen LogP contribution in [0, 0.1) is 5.82 Å². The van der Waals surface area contributed by atoms with Gasteiger partial charge in [0.25, 0.3) is 0 Å². The molecule has 1 amide bonds. The van der Waals surface area contributed by atoms with Gasteiger partial charge in [-0.05, 0) is 52.2 Å². The molecule has 0 aliphatic carbocycles. The summed E-state index contributed by atoms with van der Waals surface area (Å²) in [5, 5.41) is 10.7. The monoisotopic (exact) mass is 384 g/mol. The van der Waals surface area contributed by atoms with E-state index in [-0.39, 0.29) is 17.2 Å². The van der Waals surface area contributed by atoms with Crippen molar-refractivity contribution in [1.29, 1.82) is 0 Å². The average Bonchev–Trinajstić information content (AvgIpc) is 2.97. The van der Waals surface area contributed by atoms with E-state index in [0.29, 0.717) is 36.5 Å². The first-order valence-electron chi connectivity index (χ1n) is 8.79. The number of likely N-dealkylation sites (tertiary alicyclic amines) is 1. The highest BCUT2D eigenvalue weighted by Gasteiger charge is 2.43. The molecule has 144 valence electrons. The number of benzene rings is 1. The topological polar surface area (TPSA) is 60.9 Å². The third-order valence-corrected chi connectivity index (χ3v) is 5.11. The second-order valence-electron chi connectivity index (χ2n) is 7.50. The molecule has 0 aromatic heterocycles. The number of amides is 1. The summed E-state index contributed by atoms with van der Waals surface area (Å²) in [4.78, 5) is 25.0. The maximum atomic E-state index is 14.1. The number of carbonyl (C=O) groups is 2. The van der Waals surface area contributed by atoms with Crippen molar-refractivity contribution in [3.63, 3.8) is 0 Å². The first kappa shape index (κ1) is 20.6. The zero-order chi connectivity index (χ0) is 19.6. The Bertz CT molecular complexity index is 703. The molecule has 1 aromatic rings. The van der Waals surface area contributed by atoms with Gasteiger partial charge in [0.1, 0.15) is 12.5 Å². The van der Waals surface area contributed by atoms with Crippen LogP contribution in [0.1, 0.15) is 57.8 Å². The van der Waals surface area contributed by atoms with Crippen LogP contribution in [0.2, 0.25) is 5.02 Å². The van der Waals surface area contributed by atoms with Crippen molar-refractivity contribution in [2.24, 2.45) is 0 Å². The lowest BCUT2D eigenvalue weighted by molar-refractivity contribution is -0.136. The van der Waals surface area contributed by atoms with Crippen molar-refractivity contribution in [3.05, 3.63) is 28.0 Å². The van der Waals surface area contributed by atoms with E-state index in [1.807, 2.05) is 0 Å². The highest BCUT2D eigenvalue weighted by atomic mass is 35.5. The number of rotatable bonds is 1. The van der Waals surface area contributed by atoms with Crippen LogP contribution in [-0.4, -0.2) is 45.7 Å². The van der Waals surface area contributed by atoms with Crippen molar-refractivity contribution >= 4 is 23.8 Å². The van der Waals surface area contributed by atoms with E-state index in [4.69, 9.17) is 16.4 Å². The molecule has 0 bridgehead atoms. The normalized spacial score (nSPS) is 20.5. The van der Waals surface area contributed by atoms with Gasteiger partial charge >= 0.3 is 0 Å². The Morgan fingerprint density at radius 2 is 1.92 bits per heavy atom. The average molecular weight is 385 g/mol. The SMILES string of the molecule is CC(C)(C)N1CCc2c(Cl)cc(F)c(O)c2C1N1CCCC1=O.CC=O. The smallest absolute Gasteiger partial charge is 0.224 e. The number of phenols is 1. The molecule has 2 heterocycles.